The van der Waals surface area contributed by atoms with Crippen molar-refractivity contribution >= 4 is 33.2 Å². The summed E-state index contributed by atoms with van der Waals surface area (Å²) in [4.78, 5) is 12.5. The van der Waals surface area contributed by atoms with Crippen molar-refractivity contribution in [1.82, 2.24) is 4.31 Å². The molecule has 2 aromatic rings. The minimum atomic E-state index is -3.78. The van der Waals surface area contributed by atoms with Crippen LogP contribution in [0.4, 0.5) is 5.69 Å². The van der Waals surface area contributed by atoms with Crippen molar-refractivity contribution in [3.63, 3.8) is 0 Å². The molecule has 0 heterocycles. The SMILES string of the molecule is CCOc1ccc(NC(=O)c2ccc(Cl)c(S(=O)(=O)N(C)C)c2)cc1OCC. The molecular formula is C19H23ClN2O5S. The Kier molecular flexibility index (Phi) is 7.29. The van der Waals surface area contributed by atoms with E-state index < -0.39 is 15.9 Å². The number of carbonyl (C=O) groups excluding carboxylic acids is 1. The molecule has 0 aromatic heterocycles. The number of hydrogen-bond donors (Lipinski definition) is 1. The number of benzene rings is 2. The Bertz CT molecular complexity index is 961. The minimum absolute atomic E-state index is 0.0462. The van der Waals surface area contributed by atoms with Gasteiger partial charge in [0.1, 0.15) is 4.90 Å². The lowest BCUT2D eigenvalue weighted by atomic mass is 10.2. The first-order valence-corrected chi connectivity index (χ1v) is 10.5. The zero-order valence-corrected chi connectivity index (χ0v) is 17.7. The van der Waals surface area contributed by atoms with Crippen molar-refractivity contribution in [2.45, 2.75) is 18.7 Å². The molecule has 152 valence electrons. The quantitative estimate of drug-likeness (QED) is 0.696. The average Bonchev–Trinajstić information content (AvgIpc) is 2.64. The largest absolute Gasteiger partial charge is 0.490 e. The molecule has 0 fully saturated rings. The molecule has 0 aliphatic carbocycles. The molecule has 0 unspecified atom stereocenters. The number of anilines is 1. The first kappa shape index (κ1) is 22.0. The van der Waals surface area contributed by atoms with Crippen LogP contribution in [-0.4, -0.2) is 45.9 Å². The third-order valence-electron chi connectivity index (χ3n) is 3.75. The molecule has 1 amide bonds. The first-order chi connectivity index (χ1) is 13.2. The van der Waals surface area contributed by atoms with Gasteiger partial charge in [-0.1, -0.05) is 11.6 Å². The lowest BCUT2D eigenvalue weighted by Gasteiger charge is -2.15. The number of nitrogens with zero attached hydrogens (tertiary/aromatic N) is 1. The van der Waals surface area contributed by atoms with Gasteiger partial charge in [0.05, 0.1) is 18.2 Å². The van der Waals surface area contributed by atoms with Crippen LogP contribution >= 0.6 is 11.6 Å². The van der Waals surface area contributed by atoms with E-state index in [-0.39, 0.29) is 15.5 Å². The molecule has 0 spiro atoms. The van der Waals surface area contributed by atoms with Crippen LogP contribution in [0.15, 0.2) is 41.3 Å². The molecule has 0 bridgehead atoms. The van der Waals surface area contributed by atoms with Gasteiger partial charge < -0.3 is 14.8 Å². The van der Waals surface area contributed by atoms with E-state index in [0.717, 1.165) is 4.31 Å². The van der Waals surface area contributed by atoms with Crippen molar-refractivity contribution in [1.29, 1.82) is 0 Å². The van der Waals surface area contributed by atoms with Crippen molar-refractivity contribution in [2.75, 3.05) is 32.6 Å². The minimum Gasteiger partial charge on any atom is -0.490 e. The summed E-state index contributed by atoms with van der Waals surface area (Å²) in [5.74, 6) is 0.612. The first-order valence-electron chi connectivity index (χ1n) is 8.63. The van der Waals surface area contributed by atoms with E-state index in [1.54, 1.807) is 18.2 Å². The fraction of sp³-hybridized carbons (Fsp3) is 0.316. The molecule has 0 aliphatic heterocycles. The predicted molar refractivity (Wildman–Crippen MR) is 109 cm³/mol. The molecule has 1 N–H and O–H groups in total. The second-order valence-corrected chi connectivity index (χ2v) is 8.44. The maximum absolute atomic E-state index is 12.6. The van der Waals surface area contributed by atoms with Gasteiger partial charge in [-0.3, -0.25) is 4.79 Å². The van der Waals surface area contributed by atoms with Crippen molar-refractivity contribution < 1.29 is 22.7 Å². The molecule has 28 heavy (non-hydrogen) atoms. The zero-order valence-electron chi connectivity index (χ0n) is 16.2. The van der Waals surface area contributed by atoms with Crippen molar-refractivity contribution in [2.24, 2.45) is 0 Å². The van der Waals surface area contributed by atoms with Gasteiger partial charge >= 0.3 is 0 Å². The van der Waals surface area contributed by atoms with Crippen LogP contribution in [0.5, 0.6) is 11.5 Å². The highest BCUT2D eigenvalue weighted by Crippen LogP contribution is 2.31. The topological polar surface area (TPSA) is 84.9 Å². The van der Waals surface area contributed by atoms with Crippen molar-refractivity contribution in [3.8, 4) is 11.5 Å². The zero-order chi connectivity index (χ0) is 20.9. The summed E-state index contributed by atoms with van der Waals surface area (Å²) in [6.07, 6.45) is 0. The van der Waals surface area contributed by atoms with E-state index in [4.69, 9.17) is 21.1 Å². The summed E-state index contributed by atoms with van der Waals surface area (Å²) in [5.41, 5.74) is 0.653. The van der Waals surface area contributed by atoms with Crippen LogP contribution in [0.3, 0.4) is 0 Å². The highest BCUT2D eigenvalue weighted by molar-refractivity contribution is 7.89. The van der Waals surface area contributed by atoms with Crippen LogP contribution in [0.2, 0.25) is 5.02 Å². The van der Waals surface area contributed by atoms with Gasteiger partial charge in [-0.25, -0.2) is 12.7 Å². The summed E-state index contributed by atoms with van der Waals surface area (Å²) in [6.45, 7) is 4.65. The molecule has 0 saturated heterocycles. The summed E-state index contributed by atoms with van der Waals surface area (Å²) < 4.78 is 36.8. The van der Waals surface area contributed by atoms with Crippen LogP contribution in [0.1, 0.15) is 24.2 Å². The lowest BCUT2D eigenvalue weighted by molar-refractivity contribution is 0.102. The van der Waals surface area contributed by atoms with Crippen LogP contribution in [0, 0.1) is 0 Å². The highest BCUT2D eigenvalue weighted by atomic mass is 35.5. The summed E-state index contributed by atoms with van der Waals surface area (Å²) >= 11 is 6.02. The van der Waals surface area contributed by atoms with Gasteiger partial charge in [0.2, 0.25) is 10.0 Å². The van der Waals surface area contributed by atoms with Crippen LogP contribution in [-0.2, 0) is 10.0 Å². The van der Waals surface area contributed by atoms with E-state index in [1.807, 2.05) is 13.8 Å². The summed E-state index contributed by atoms with van der Waals surface area (Å²) in [7, 11) is -0.985. The lowest BCUT2D eigenvalue weighted by Crippen LogP contribution is -2.23. The van der Waals surface area contributed by atoms with Gasteiger partial charge in [-0.2, -0.15) is 0 Å². The predicted octanol–water partition coefficient (Wildman–Crippen LogP) is 3.64. The Morgan fingerprint density at radius 1 is 1.04 bits per heavy atom. The molecule has 0 atom stereocenters. The molecule has 9 heteroatoms. The van der Waals surface area contributed by atoms with E-state index in [1.165, 1.54) is 32.3 Å². The summed E-state index contributed by atoms with van der Waals surface area (Å²) in [5, 5.41) is 2.77. The molecule has 2 aromatic carbocycles. The fourth-order valence-corrected chi connectivity index (χ4v) is 3.76. The molecule has 0 radical (unpaired) electrons. The third-order valence-corrected chi connectivity index (χ3v) is 6.05. The number of halogens is 1. The van der Waals surface area contributed by atoms with Gasteiger partial charge in [0, 0.05) is 31.4 Å². The number of hydrogen-bond acceptors (Lipinski definition) is 5. The Morgan fingerprint density at radius 3 is 2.29 bits per heavy atom. The van der Waals surface area contributed by atoms with Crippen molar-refractivity contribution in [3.05, 3.63) is 47.0 Å². The van der Waals surface area contributed by atoms with Gasteiger partial charge in [0.25, 0.3) is 5.91 Å². The Labute approximate surface area is 170 Å². The molecule has 2 rings (SSSR count). The number of carbonyl (C=O) groups is 1. The number of amides is 1. The Morgan fingerprint density at radius 2 is 1.68 bits per heavy atom. The Hall–Kier alpha value is -2.29. The number of sulfonamides is 1. The van der Waals surface area contributed by atoms with Crippen LogP contribution in [0.25, 0.3) is 0 Å². The second-order valence-electron chi connectivity index (χ2n) is 5.91. The molecule has 0 aliphatic rings. The standard InChI is InChI=1S/C19H23ClN2O5S/c1-5-26-16-10-8-14(12-17(16)27-6-2)21-19(23)13-7-9-15(20)18(11-13)28(24,25)22(3)4/h7-12H,5-6H2,1-4H3,(H,21,23). The fourth-order valence-electron chi connectivity index (χ4n) is 2.37. The number of nitrogens with one attached hydrogen (secondary N) is 1. The normalized spacial score (nSPS) is 11.4. The Balaban J connectivity index is 2.32. The number of rotatable bonds is 8. The maximum atomic E-state index is 12.6. The monoisotopic (exact) mass is 426 g/mol. The second kappa shape index (κ2) is 9.27. The molecule has 7 nitrogen and oxygen atoms in total. The highest BCUT2D eigenvalue weighted by Gasteiger charge is 2.22. The smallest absolute Gasteiger partial charge is 0.255 e. The third kappa shape index (κ3) is 4.95. The maximum Gasteiger partial charge on any atom is 0.255 e. The van der Waals surface area contributed by atoms with E-state index in [2.05, 4.69) is 5.32 Å². The molecular weight excluding hydrogens is 404 g/mol. The van der Waals surface area contributed by atoms with Gasteiger partial charge in [-0.05, 0) is 44.2 Å². The van der Waals surface area contributed by atoms with Gasteiger partial charge in [0.15, 0.2) is 11.5 Å². The molecule has 0 saturated carbocycles. The van der Waals surface area contributed by atoms with Gasteiger partial charge in [-0.15, -0.1) is 0 Å². The average molecular weight is 427 g/mol. The van der Waals surface area contributed by atoms with E-state index in [0.29, 0.717) is 30.4 Å². The van der Waals surface area contributed by atoms with E-state index in [9.17, 15) is 13.2 Å². The summed E-state index contributed by atoms with van der Waals surface area (Å²) in [6, 6.07) is 9.14. The number of ether oxygens (including phenoxy) is 2. The van der Waals surface area contributed by atoms with Crippen LogP contribution < -0.4 is 14.8 Å². The van der Waals surface area contributed by atoms with E-state index >= 15 is 0 Å².